The molecule has 0 spiro atoms. The molecule has 4 aromatic rings. The summed E-state index contributed by atoms with van der Waals surface area (Å²) in [6.07, 6.45) is 0. The van der Waals surface area contributed by atoms with Crippen LogP contribution in [0.5, 0.6) is 0 Å². The van der Waals surface area contributed by atoms with Gasteiger partial charge in [0.05, 0.1) is 18.6 Å². The van der Waals surface area contributed by atoms with E-state index in [9.17, 15) is 0 Å². The first kappa shape index (κ1) is 13.7. The molecule has 0 aliphatic carbocycles. The average molecular weight is 305 g/mol. The first-order valence-corrected chi connectivity index (χ1v) is 7.37. The zero-order chi connectivity index (χ0) is 15.6. The van der Waals surface area contributed by atoms with E-state index in [1.807, 2.05) is 47.1 Å². The largest absolute Gasteiger partial charge is 0.332 e. The van der Waals surface area contributed by atoms with Crippen molar-refractivity contribution in [3.8, 4) is 11.6 Å². The highest BCUT2D eigenvalue weighted by molar-refractivity contribution is 5.91. The maximum atomic E-state index is 5.55. The zero-order valence-corrected chi connectivity index (χ0v) is 12.4. The third-order valence-corrected chi connectivity index (χ3v) is 3.69. The highest BCUT2D eigenvalue weighted by Crippen LogP contribution is 2.27. The molecule has 0 fully saturated rings. The number of fused-ring (bicyclic) bond motifs is 1. The van der Waals surface area contributed by atoms with Crippen molar-refractivity contribution < 1.29 is 4.52 Å². The molecule has 0 atom stereocenters. The van der Waals surface area contributed by atoms with Crippen LogP contribution < -0.4 is 5.73 Å². The van der Waals surface area contributed by atoms with Crippen molar-refractivity contribution in [2.24, 2.45) is 5.73 Å². The molecular weight excluding hydrogens is 290 g/mol. The summed E-state index contributed by atoms with van der Waals surface area (Å²) in [7, 11) is 0. The lowest BCUT2D eigenvalue weighted by Crippen LogP contribution is -2.01. The van der Waals surface area contributed by atoms with Gasteiger partial charge in [-0.3, -0.25) is 4.68 Å². The standard InChI is InChI=1S/C17H15N5O/c18-10-15-19-17(23-21-15)16-13-8-4-5-9-14(13)22(20-16)11-12-6-2-1-3-7-12/h1-9H,10-11,18H2. The van der Waals surface area contributed by atoms with Gasteiger partial charge in [0.25, 0.3) is 5.89 Å². The van der Waals surface area contributed by atoms with Crippen LogP contribution in [0.4, 0.5) is 0 Å². The van der Waals surface area contributed by atoms with Gasteiger partial charge in [-0.1, -0.05) is 53.7 Å². The molecule has 2 N–H and O–H groups in total. The van der Waals surface area contributed by atoms with E-state index in [0.717, 1.165) is 10.9 Å². The summed E-state index contributed by atoms with van der Waals surface area (Å²) in [5.74, 6) is 0.871. The van der Waals surface area contributed by atoms with Crippen molar-refractivity contribution in [1.82, 2.24) is 19.9 Å². The van der Waals surface area contributed by atoms with Crippen LogP contribution in [-0.2, 0) is 13.1 Å². The highest BCUT2D eigenvalue weighted by atomic mass is 16.5. The molecule has 2 aromatic carbocycles. The number of hydrogen-bond donors (Lipinski definition) is 1. The van der Waals surface area contributed by atoms with Gasteiger partial charge in [0, 0.05) is 5.39 Å². The minimum atomic E-state index is 0.242. The smallest absolute Gasteiger partial charge is 0.279 e. The zero-order valence-electron chi connectivity index (χ0n) is 12.4. The molecule has 0 unspecified atom stereocenters. The summed E-state index contributed by atoms with van der Waals surface area (Å²) in [6, 6.07) is 18.2. The third kappa shape index (κ3) is 2.49. The van der Waals surface area contributed by atoms with Gasteiger partial charge in [-0.2, -0.15) is 10.1 Å². The molecule has 6 heteroatoms. The second-order valence-electron chi connectivity index (χ2n) is 5.23. The average Bonchev–Trinajstić information content (AvgIpc) is 3.21. The first-order chi connectivity index (χ1) is 11.3. The molecule has 0 saturated carbocycles. The Morgan fingerprint density at radius 3 is 2.57 bits per heavy atom. The molecule has 2 aromatic heterocycles. The Bertz CT molecular complexity index is 942. The Morgan fingerprint density at radius 1 is 1.00 bits per heavy atom. The van der Waals surface area contributed by atoms with Crippen molar-refractivity contribution in [3.63, 3.8) is 0 Å². The van der Waals surface area contributed by atoms with E-state index in [4.69, 9.17) is 10.3 Å². The van der Waals surface area contributed by atoms with E-state index in [2.05, 4.69) is 27.4 Å². The van der Waals surface area contributed by atoms with Crippen LogP contribution in [0.15, 0.2) is 59.1 Å². The predicted octanol–water partition coefficient (Wildman–Crippen LogP) is 2.59. The summed E-state index contributed by atoms with van der Waals surface area (Å²) in [5.41, 5.74) is 8.44. The van der Waals surface area contributed by atoms with E-state index in [1.165, 1.54) is 5.56 Å². The van der Waals surface area contributed by atoms with Gasteiger partial charge in [-0.25, -0.2) is 0 Å². The lowest BCUT2D eigenvalue weighted by atomic mass is 10.2. The number of hydrogen-bond acceptors (Lipinski definition) is 5. The van der Waals surface area contributed by atoms with E-state index in [-0.39, 0.29) is 6.54 Å². The van der Waals surface area contributed by atoms with Crippen LogP contribution >= 0.6 is 0 Å². The van der Waals surface area contributed by atoms with Crippen LogP contribution in [-0.4, -0.2) is 19.9 Å². The van der Waals surface area contributed by atoms with Gasteiger partial charge in [0.15, 0.2) is 11.5 Å². The fourth-order valence-electron chi connectivity index (χ4n) is 2.60. The minimum Gasteiger partial charge on any atom is -0.332 e. The van der Waals surface area contributed by atoms with Crippen molar-refractivity contribution in [1.29, 1.82) is 0 Å². The summed E-state index contributed by atoms with van der Waals surface area (Å²) >= 11 is 0. The molecule has 23 heavy (non-hydrogen) atoms. The van der Waals surface area contributed by atoms with Gasteiger partial charge in [0.1, 0.15) is 0 Å². The quantitative estimate of drug-likeness (QED) is 0.626. The molecule has 114 valence electrons. The van der Waals surface area contributed by atoms with Crippen molar-refractivity contribution >= 4 is 10.9 Å². The molecule has 0 amide bonds. The second kappa shape index (κ2) is 5.66. The Morgan fingerprint density at radius 2 is 1.78 bits per heavy atom. The SMILES string of the molecule is NCc1noc(-c2nn(Cc3ccccc3)c3ccccc23)n1. The fraction of sp³-hybridized carbons (Fsp3) is 0.118. The van der Waals surface area contributed by atoms with Gasteiger partial charge in [-0.05, 0) is 11.6 Å². The van der Waals surface area contributed by atoms with E-state index < -0.39 is 0 Å². The number of aromatic nitrogens is 4. The number of nitrogens with zero attached hydrogens (tertiary/aromatic N) is 4. The fourth-order valence-corrected chi connectivity index (χ4v) is 2.60. The molecule has 0 aliphatic rings. The molecule has 0 bridgehead atoms. The molecule has 0 saturated heterocycles. The summed E-state index contributed by atoms with van der Waals surface area (Å²) in [4.78, 5) is 4.29. The van der Waals surface area contributed by atoms with Crippen molar-refractivity contribution in [3.05, 3.63) is 66.0 Å². The minimum absolute atomic E-state index is 0.242. The number of rotatable bonds is 4. The Hall–Kier alpha value is -2.99. The molecule has 6 nitrogen and oxygen atoms in total. The highest BCUT2D eigenvalue weighted by Gasteiger charge is 2.17. The van der Waals surface area contributed by atoms with Gasteiger partial charge in [0.2, 0.25) is 0 Å². The Balaban J connectivity index is 1.83. The maximum absolute atomic E-state index is 5.55. The number of benzene rings is 2. The van der Waals surface area contributed by atoms with E-state index in [1.54, 1.807) is 0 Å². The summed E-state index contributed by atoms with van der Waals surface area (Å²) in [5, 5.41) is 9.51. The monoisotopic (exact) mass is 305 g/mol. The van der Waals surface area contributed by atoms with Gasteiger partial charge < -0.3 is 10.3 Å². The third-order valence-electron chi connectivity index (χ3n) is 3.69. The predicted molar refractivity (Wildman–Crippen MR) is 86.5 cm³/mol. The lowest BCUT2D eigenvalue weighted by molar-refractivity contribution is 0.421. The topological polar surface area (TPSA) is 82.8 Å². The molecular formula is C17H15N5O. The molecule has 4 rings (SSSR count). The summed E-state index contributed by atoms with van der Waals surface area (Å²) < 4.78 is 7.25. The Kier molecular flexibility index (Phi) is 3.36. The van der Waals surface area contributed by atoms with Crippen molar-refractivity contribution in [2.45, 2.75) is 13.1 Å². The summed E-state index contributed by atoms with van der Waals surface area (Å²) in [6.45, 7) is 0.922. The first-order valence-electron chi connectivity index (χ1n) is 7.37. The second-order valence-corrected chi connectivity index (χ2v) is 5.23. The lowest BCUT2D eigenvalue weighted by Gasteiger charge is -2.03. The molecule has 0 radical (unpaired) electrons. The van der Waals surface area contributed by atoms with Crippen molar-refractivity contribution in [2.75, 3.05) is 0 Å². The van der Waals surface area contributed by atoms with Gasteiger partial charge in [-0.15, -0.1) is 0 Å². The van der Waals surface area contributed by atoms with Crippen LogP contribution in [0.1, 0.15) is 11.4 Å². The molecule has 2 heterocycles. The Labute approximate surface area is 132 Å². The molecule has 0 aliphatic heterocycles. The normalized spacial score (nSPS) is 11.2. The van der Waals surface area contributed by atoms with Crippen LogP contribution in [0.3, 0.4) is 0 Å². The van der Waals surface area contributed by atoms with Gasteiger partial charge >= 0.3 is 0 Å². The van der Waals surface area contributed by atoms with E-state index >= 15 is 0 Å². The van der Waals surface area contributed by atoms with Crippen LogP contribution in [0.25, 0.3) is 22.5 Å². The van der Waals surface area contributed by atoms with E-state index in [0.29, 0.717) is 24.0 Å². The number of nitrogens with two attached hydrogens (primary N) is 1. The maximum Gasteiger partial charge on any atom is 0.279 e. The number of para-hydroxylation sites is 1. The van der Waals surface area contributed by atoms with Crippen LogP contribution in [0.2, 0.25) is 0 Å². The van der Waals surface area contributed by atoms with Crippen LogP contribution in [0, 0.1) is 0 Å².